The fourth-order valence-electron chi connectivity index (χ4n) is 2.08. The molecule has 122 valence electrons. The molecular weight excluding hydrogens is 297 g/mol. The third-order valence-electron chi connectivity index (χ3n) is 3.28. The number of carbonyl (C=O) groups is 1. The third-order valence-corrected chi connectivity index (χ3v) is 3.28. The van der Waals surface area contributed by atoms with Gasteiger partial charge in [0.05, 0.1) is 13.7 Å². The van der Waals surface area contributed by atoms with Gasteiger partial charge in [-0.15, -0.1) is 0 Å². The van der Waals surface area contributed by atoms with Crippen molar-refractivity contribution in [2.24, 2.45) is 0 Å². The van der Waals surface area contributed by atoms with Crippen LogP contribution in [0, 0.1) is 12.7 Å². The van der Waals surface area contributed by atoms with Gasteiger partial charge in [-0.3, -0.25) is 4.79 Å². The van der Waals surface area contributed by atoms with Gasteiger partial charge in [-0.25, -0.2) is 4.39 Å². The lowest BCUT2D eigenvalue weighted by atomic mass is 10.2. The second kappa shape index (κ2) is 8.17. The van der Waals surface area contributed by atoms with Crippen LogP contribution in [-0.2, 0) is 0 Å². The summed E-state index contributed by atoms with van der Waals surface area (Å²) in [4.78, 5) is 11.9. The molecule has 5 heteroatoms. The van der Waals surface area contributed by atoms with Crippen molar-refractivity contribution in [1.82, 2.24) is 5.32 Å². The van der Waals surface area contributed by atoms with Gasteiger partial charge in [0.2, 0.25) is 0 Å². The number of nitrogens with one attached hydrogen (secondary N) is 1. The molecule has 0 unspecified atom stereocenters. The van der Waals surface area contributed by atoms with E-state index in [2.05, 4.69) is 5.32 Å². The second-order valence-electron chi connectivity index (χ2n) is 5.12. The highest BCUT2D eigenvalue weighted by molar-refractivity contribution is 5.94. The van der Waals surface area contributed by atoms with Crippen molar-refractivity contribution in [2.45, 2.75) is 13.3 Å². The third kappa shape index (κ3) is 4.98. The monoisotopic (exact) mass is 317 g/mol. The van der Waals surface area contributed by atoms with Gasteiger partial charge in [0, 0.05) is 12.1 Å². The van der Waals surface area contributed by atoms with E-state index in [1.54, 1.807) is 0 Å². The first-order chi connectivity index (χ1) is 11.1. The lowest BCUT2D eigenvalue weighted by Gasteiger charge is -2.09. The van der Waals surface area contributed by atoms with Gasteiger partial charge in [-0.05, 0) is 49.2 Å². The Balaban J connectivity index is 1.73. The molecule has 0 aliphatic heterocycles. The zero-order valence-corrected chi connectivity index (χ0v) is 13.3. The van der Waals surface area contributed by atoms with Crippen LogP contribution in [0.3, 0.4) is 0 Å². The fraction of sp³-hybridized carbons (Fsp3) is 0.278. The van der Waals surface area contributed by atoms with E-state index in [9.17, 15) is 9.18 Å². The van der Waals surface area contributed by atoms with Crippen LogP contribution in [0.2, 0.25) is 0 Å². The number of carbonyl (C=O) groups excluding carboxylic acids is 1. The van der Waals surface area contributed by atoms with E-state index in [0.717, 1.165) is 17.4 Å². The first-order valence-corrected chi connectivity index (χ1v) is 7.41. The molecule has 1 amide bonds. The molecule has 0 saturated carbocycles. The van der Waals surface area contributed by atoms with E-state index in [0.29, 0.717) is 19.6 Å². The molecule has 0 aliphatic rings. The van der Waals surface area contributed by atoms with Crippen LogP contribution in [0.1, 0.15) is 22.3 Å². The Morgan fingerprint density at radius 3 is 2.74 bits per heavy atom. The van der Waals surface area contributed by atoms with Crippen molar-refractivity contribution in [2.75, 3.05) is 20.3 Å². The number of rotatable bonds is 7. The summed E-state index contributed by atoms with van der Waals surface area (Å²) >= 11 is 0. The van der Waals surface area contributed by atoms with Crippen molar-refractivity contribution >= 4 is 5.91 Å². The molecule has 0 aromatic heterocycles. The van der Waals surface area contributed by atoms with E-state index in [4.69, 9.17) is 9.47 Å². The Kier molecular flexibility index (Phi) is 5.97. The standard InChI is InChI=1S/C18H20FNO3/c1-13-5-3-6-15(11-13)23-10-4-9-20-18(21)14-7-8-17(22-2)16(19)12-14/h3,5-8,11-12H,4,9-10H2,1-2H3,(H,20,21). The number of ether oxygens (including phenoxy) is 2. The number of hydrogen-bond acceptors (Lipinski definition) is 3. The van der Waals surface area contributed by atoms with Crippen LogP contribution in [0.4, 0.5) is 4.39 Å². The smallest absolute Gasteiger partial charge is 0.251 e. The normalized spacial score (nSPS) is 10.2. The van der Waals surface area contributed by atoms with E-state index in [-0.39, 0.29) is 17.2 Å². The van der Waals surface area contributed by atoms with E-state index >= 15 is 0 Å². The summed E-state index contributed by atoms with van der Waals surface area (Å²) in [5.74, 6) is 0.0618. The van der Waals surface area contributed by atoms with E-state index in [1.165, 1.54) is 19.2 Å². The number of benzene rings is 2. The van der Waals surface area contributed by atoms with Gasteiger partial charge >= 0.3 is 0 Å². The minimum Gasteiger partial charge on any atom is -0.494 e. The molecule has 23 heavy (non-hydrogen) atoms. The summed E-state index contributed by atoms with van der Waals surface area (Å²) in [6.07, 6.45) is 0.665. The average molecular weight is 317 g/mol. The molecule has 0 atom stereocenters. The largest absolute Gasteiger partial charge is 0.494 e. The maximum atomic E-state index is 13.5. The summed E-state index contributed by atoms with van der Waals surface area (Å²) in [5.41, 5.74) is 1.40. The Bertz CT molecular complexity index is 673. The molecule has 2 rings (SSSR count). The summed E-state index contributed by atoms with van der Waals surface area (Å²) in [6, 6.07) is 11.9. The van der Waals surface area contributed by atoms with Crippen molar-refractivity contribution in [3.05, 3.63) is 59.4 Å². The maximum absolute atomic E-state index is 13.5. The molecule has 0 saturated heterocycles. The molecule has 0 radical (unpaired) electrons. The Morgan fingerprint density at radius 2 is 2.04 bits per heavy atom. The van der Waals surface area contributed by atoms with Gasteiger partial charge < -0.3 is 14.8 Å². The fourth-order valence-corrected chi connectivity index (χ4v) is 2.08. The average Bonchev–Trinajstić information content (AvgIpc) is 2.54. The summed E-state index contributed by atoms with van der Waals surface area (Å²) in [5, 5.41) is 2.73. The van der Waals surface area contributed by atoms with Crippen LogP contribution < -0.4 is 14.8 Å². The zero-order valence-electron chi connectivity index (χ0n) is 13.3. The lowest BCUT2D eigenvalue weighted by Crippen LogP contribution is -2.25. The number of hydrogen-bond donors (Lipinski definition) is 1. The SMILES string of the molecule is COc1ccc(C(=O)NCCCOc2cccc(C)c2)cc1F. The van der Waals surface area contributed by atoms with Gasteiger partial charge in [0.25, 0.3) is 5.91 Å². The summed E-state index contributed by atoms with van der Waals surface area (Å²) in [7, 11) is 1.38. The number of amides is 1. The minimum absolute atomic E-state index is 0.119. The highest BCUT2D eigenvalue weighted by Gasteiger charge is 2.09. The van der Waals surface area contributed by atoms with Crippen LogP contribution in [0.15, 0.2) is 42.5 Å². The van der Waals surface area contributed by atoms with Gasteiger partial charge in [0.15, 0.2) is 11.6 Å². The molecule has 2 aromatic rings. The number of halogens is 1. The van der Waals surface area contributed by atoms with Crippen molar-refractivity contribution in [1.29, 1.82) is 0 Å². The zero-order chi connectivity index (χ0) is 16.7. The molecule has 0 aliphatic carbocycles. The van der Waals surface area contributed by atoms with Gasteiger partial charge in [-0.1, -0.05) is 12.1 Å². The summed E-state index contributed by atoms with van der Waals surface area (Å²) < 4.78 is 24.0. The van der Waals surface area contributed by atoms with Gasteiger partial charge in [-0.2, -0.15) is 0 Å². The van der Waals surface area contributed by atoms with Crippen LogP contribution in [-0.4, -0.2) is 26.2 Å². The molecule has 1 N–H and O–H groups in total. The molecule has 0 bridgehead atoms. The summed E-state index contributed by atoms with van der Waals surface area (Å²) in [6.45, 7) is 2.96. The molecule has 2 aromatic carbocycles. The van der Waals surface area contributed by atoms with Gasteiger partial charge in [0.1, 0.15) is 5.75 Å². The molecule has 0 spiro atoms. The number of aryl methyl sites for hydroxylation is 1. The molecular formula is C18H20FNO3. The van der Waals surface area contributed by atoms with Crippen LogP contribution in [0.5, 0.6) is 11.5 Å². The first-order valence-electron chi connectivity index (χ1n) is 7.41. The minimum atomic E-state index is -0.553. The Hall–Kier alpha value is -2.56. The molecule has 0 heterocycles. The quantitative estimate of drug-likeness (QED) is 0.797. The molecule has 0 fully saturated rings. The maximum Gasteiger partial charge on any atom is 0.251 e. The molecule has 4 nitrogen and oxygen atoms in total. The lowest BCUT2D eigenvalue weighted by molar-refractivity contribution is 0.0951. The predicted octanol–water partition coefficient (Wildman–Crippen LogP) is 3.34. The van der Waals surface area contributed by atoms with Crippen molar-refractivity contribution in [3.63, 3.8) is 0 Å². The predicted molar refractivity (Wildman–Crippen MR) is 86.6 cm³/mol. The first kappa shape index (κ1) is 16.8. The Labute approximate surface area is 135 Å². The Morgan fingerprint density at radius 1 is 1.22 bits per heavy atom. The van der Waals surface area contributed by atoms with Crippen LogP contribution in [0.25, 0.3) is 0 Å². The highest BCUT2D eigenvalue weighted by Crippen LogP contribution is 2.17. The van der Waals surface area contributed by atoms with E-state index < -0.39 is 5.82 Å². The van der Waals surface area contributed by atoms with Crippen molar-refractivity contribution in [3.8, 4) is 11.5 Å². The van der Waals surface area contributed by atoms with Crippen LogP contribution >= 0.6 is 0 Å². The topological polar surface area (TPSA) is 47.6 Å². The van der Waals surface area contributed by atoms with E-state index in [1.807, 2.05) is 31.2 Å². The number of methoxy groups -OCH3 is 1. The second-order valence-corrected chi connectivity index (χ2v) is 5.12. The van der Waals surface area contributed by atoms with Crippen molar-refractivity contribution < 1.29 is 18.7 Å². The highest BCUT2D eigenvalue weighted by atomic mass is 19.1.